The zero-order chi connectivity index (χ0) is 14.7. The largest absolute Gasteiger partial charge is 0.431 e. The lowest BCUT2D eigenvalue weighted by Gasteiger charge is -2.31. The Labute approximate surface area is 122 Å². The second kappa shape index (κ2) is 5.78. The van der Waals surface area contributed by atoms with Gasteiger partial charge in [-0.1, -0.05) is 18.2 Å². The molecule has 1 fully saturated rings. The molecule has 2 aromatic rings. The summed E-state index contributed by atoms with van der Waals surface area (Å²) in [4.78, 5) is 30.5. The predicted octanol–water partition coefficient (Wildman–Crippen LogP) is 1.26. The maximum Gasteiger partial charge on any atom is 0.291 e. The Morgan fingerprint density at radius 3 is 2.52 bits per heavy atom. The van der Waals surface area contributed by atoms with Gasteiger partial charge >= 0.3 is 0 Å². The third-order valence-electron chi connectivity index (χ3n) is 3.49. The molecule has 0 bridgehead atoms. The first-order valence-electron chi connectivity index (χ1n) is 6.78. The van der Waals surface area contributed by atoms with Crippen LogP contribution in [0.15, 0.2) is 40.9 Å². The molecule has 2 heterocycles. The molecule has 3 rings (SSSR count). The van der Waals surface area contributed by atoms with E-state index in [2.05, 4.69) is 4.98 Å². The van der Waals surface area contributed by atoms with Gasteiger partial charge in [0.25, 0.3) is 5.91 Å². The fourth-order valence-electron chi connectivity index (χ4n) is 2.27. The molecule has 0 spiro atoms. The van der Waals surface area contributed by atoms with E-state index in [4.69, 9.17) is 4.42 Å². The number of nitrogens with zero attached hydrogens (tertiary/aromatic N) is 3. The van der Waals surface area contributed by atoms with Gasteiger partial charge in [0.2, 0.25) is 18.1 Å². The summed E-state index contributed by atoms with van der Waals surface area (Å²) in [7, 11) is 0. The Balaban J connectivity index is 1.72. The molecule has 0 atom stereocenters. The number of hydrogen-bond donors (Lipinski definition) is 0. The molecule has 1 aliphatic rings. The highest BCUT2D eigenvalue weighted by molar-refractivity contribution is 5.91. The highest BCUT2D eigenvalue weighted by atomic mass is 16.4. The molecular formula is C15H15N3O3. The van der Waals surface area contributed by atoms with E-state index in [9.17, 15) is 9.59 Å². The van der Waals surface area contributed by atoms with Crippen LogP contribution in [0.3, 0.4) is 0 Å². The van der Waals surface area contributed by atoms with Crippen molar-refractivity contribution in [1.29, 1.82) is 0 Å². The average Bonchev–Trinajstić information content (AvgIpc) is 3.05. The second-order valence-corrected chi connectivity index (χ2v) is 4.83. The Hall–Kier alpha value is -2.63. The molecule has 0 radical (unpaired) electrons. The van der Waals surface area contributed by atoms with E-state index in [1.165, 1.54) is 6.20 Å². The molecule has 6 heteroatoms. The molecule has 1 aromatic carbocycles. The number of aromatic nitrogens is 1. The normalized spacial score (nSPS) is 15.0. The minimum Gasteiger partial charge on any atom is -0.431 e. The maximum absolute atomic E-state index is 12.3. The first-order chi connectivity index (χ1) is 10.3. The van der Waals surface area contributed by atoms with Crippen LogP contribution in [0.4, 0.5) is 0 Å². The zero-order valence-corrected chi connectivity index (χ0v) is 11.4. The number of carbonyl (C=O) groups excluding carboxylic acids is 2. The van der Waals surface area contributed by atoms with Gasteiger partial charge in [-0.3, -0.25) is 9.59 Å². The van der Waals surface area contributed by atoms with Gasteiger partial charge < -0.3 is 14.2 Å². The van der Waals surface area contributed by atoms with E-state index in [0.717, 1.165) is 12.0 Å². The van der Waals surface area contributed by atoms with Gasteiger partial charge in [0.15, 0.2) is 0 Å². The summed E-state index contributed by atoms with van der Waals surface area (Å²) in [5.74, 6) is 0.481. The number of hydrogen-bond acceptors (Lipinski definition) is 4. The topological polar surface area (TPSA) is 66.7 Å². The highest BCUT2D eigenvalue weighted by Gasteiger charge is 2.24. The maximum atomic E-state index is 12.3. The van der Waals surface area contributed by atoms with E-state index in [0.29, 0.717) is 32.1 Å². The van der Waals surface area contributed by atoms with Crippen LogP contribution in [0.25, 0.3) is 11.5 Å². The Bertz CT molecular complexity index is 631. The average molecular weight is 285 g/mol. The Kier molecular flexibility index (Phi) is 3.68. The molecule has 2 amide bonds. The third kappa shape index (κ3) is 2.79. The highest BCUT2D eigenvalue weighted by Crippen LogP contribution is 2.19. The van der Waals surface area contributed by atoms with E-state index in [-0.39, 0.29) is 11.7 Å². The number of piperazine rings is 1. The van der Waals surface area contributed by atoms with Crippen molar-refractivity contribution in [3.8, 4) is 11.5 Å². The first kappa shape index (κ1) is 13.4. The van der Waals surface area contributed by atoms with Crippen LogP contribution in [0.1, 0.15) is 10.6 Å². The van der Waals surface area contributed by atoms with Gasteiger partial charge in [0.1, 0.15) is 0 Å². The predicted molar refractivity (Wildman–Crippen MR) is 75.5 cm³/mol. The van der Waals surface area contributed by atoms with E-state index < -0.39 is 0 Å². The molecule has 1 aromatic heterocycles. The molecule has 0 saturated carbocycles. The fraction of sp³-hybridized carbons (Fsp3) is 0.267. The van der Waals surface area contributed by atoms with Gasteiger partial charge in [0, 0.05) is 31.7 Å². The van der Waals surface area contributed by atoms with Crippen molar-refractivity contribution in [3.05, 3.63) is 42.3 Å². The van der Waals surface area contributed by atoms with Crippen LogP contribution in [0.5, 0.6) is 0 Å². The first-order valence-corrected chi connectivity index (χ1v) is 6.78. The number of oxazole rings is 1. The van der Waals surface area contributed by atoms with Gasteiger partial charge in [-0.15, -0.1) is 0 Å². The molecule has 1 aliphatic heterocycles. The van der Waals surface area contributed by atoms with Gasteiger partial charge in [-0.2, -0.15) is 0 Å². The third-order valence-corrected chi connectivity index (χ3v) is 3.49. The quantitative estimate of drug-likeness (QED) is 0.796. The summed E-state index contributed by atoms with van der Waals surface area (Å²) < 4.78 is 5.55. The monoisotopic (exact) mass is 285 g/mol. The molecule has 1 saturated heterocycles. The molecule has 0 N–H and O–H groups in total. The standard InChI is InChI=1S/C15H15N3O3/c19-11-17-6-8-18(9-7-17)15(20)13-10-16-14(21-13)12-4-2-1-3-5-12/h1-5,10-11H,6-9H2. The number of carbonyl (C=O) groups is 2. The van der Waals surface area contributed by atoms with Crippen molar-refractivity contribution in [2.75, 3.05) is 26.2 Å². The van der Waals surface area contributed by atoms with E-state index in [1.807, 2.05) is 30.3 Å². The lowest BCUT2D eigenvalue weighted by atomic mass is 10.2. The van der Waals surface area contributed by atoms with Crippen molar-refractivity contribution in [3.63, 3.8) is 0 Å². The molecule has 0 unspecified atom stereocenters. The summed E-state index contributed by atoms with van der Waals surface area (Å²) in [6.07, 6.45) is 2.26. The number of benzene rings is 1. The summed E-state index contributed by atoms with van der Waals surface area (Å²) in [5, 5.41) is 0. The minimum absolute atomic E-state index is 0.185. The fourth-order valence-corrected chi connectivity index (χ4v) is 2.27. The lowest BCUT2D eigenvalue weighted by Crippen LogP contribution is -2.48. The van der Waals surface area contributed by atoms with Crippen molar-refractivity contribution >= 4 is 12.3 Å². The molecular weight excluding hydrogens is 270 g/mol. The zero-order valence-electron chi connectivity index (χ0n) is 11.4. The SMILES string of the molecule is O=CN1CCN(C(=O)c2cnc(-c3ccccc3)o2)CC1. The summed E-state index contributed by atoms with van der Waals surface area (Å²) in [6, 6.07) is 9.44. The summed E-state index contributed by atoms with van der Waals surface area (Å²) in [5.41, 5.74) is 0.835. The van der Waals surface area contributed by atoms with Crippen LogP contribution in [-0.2, 0) is 4.79 Å². The molecule has 108 valence electrons. The molecule has 0 aliphatic carbocycles. The number of rotatable bonds is 3. The van der Waals surface area contributed by atoms with Crippen LogP contribution in [0.2, 0.25) is 0 Å². The molecule has 21 heavy (non-hydrogen) atoms. The van der Waals surface area contributed by atoms with Gasteiger partial charge in [0.05, 0.1) is 6.20 Å². The van der Waals surface area contributed by atoms with Crippen molar-refractivity contribution in [1.82, 2.24) is 14.8 Å². The van der Waals surface area contributed by atoms with Crippen LogP contribution in [-0.4, -0.2) is 53.3 Å². The molecule has 6 nitrogen and oxygen atoms in total. The smallest absolute Gasteiger partial charge is 0.291 e. The second-order valence-electron chi connectivity index (χ2n) is 4.83. The van der Waals surface area contributed by atoms with Crippen molar-refractivity contribution in [2.24, 2.45) is 0 Å². The lowest BCUT2D eigenvalue weighted by molar-refractivity contribution is -0.119. The van der Waals surface area contributed by atoms with Crippen LogP contribution >= 0.6 is 0 Å². The minimum atomic E-state index is -0.185. The number of amides is 2. The summed E-state index contributed by atoms with van der Waals surface area (Å²) in [6.45, 7) is 2.13. The van der Waals surface area contributed by atoms with Crippen LogP contribution in [0, 0.1) is 0 Å². The van der Waals surface area contributed by atoms with E-state index in [1.54, 1.807) is 9.80 Å². The van der Waals surface area contributed by atoms with Crippen molar-refractivity contribution in [2.45, 2.75) is 0 Å². The van der Waals surface area contributed by atoms with Crippen LogP contribution < -0.4 is 0 Å². The van der Waals surface area contributed by atoms with Crippen molar-refractivity contribution < 1.29 is 14.0 Å². The summed E-state index contributed by atoms with van der Waals surface area (Å²) >= 11 is 0. The van der Waals surface area contributed by atoms with Gasteiger partial charge in [-0.25, -0.2) is 4.98 Å². The van der Waals surface area contributed by atoms with Gasteiger partial charge in [-0.05, 0) is 12.1 Å². The Morgan fingerprint density at radius 1 is 1.14 bits per heavy atom. The van der Waals surface area contributed by atoms with E-state index >= 15 is 0 Å². The Morgan fingerprint density at radius 2 is 1.86 bits per heavy atom.